The van der Waals surface area contributed by atoms with E-state index in [1.807, 2.05) is 30.3 Å². The van der Waals surface area contributed by atoms with E-state index in [-0.39, 0.29) is 24.8 Å². The lowest BCUT2D eigenvalue weighted by atomic mass is 10.1. The molecule has 0 aromatic heterocycles. The van der Waals surface area contributed by atoms with Gasteiger partial charge < -0.3 is 15.7 Å². The minimum atomic E-state index is -0.489. The van der Waals surface area contributed by atoms with Gasteiger partial charge in [0.05, 0.1) is 13.2 Å². The van der Waals surface area contributed by atoms with E-state index in [2.05, 4.69) is 10.6 Å². The Morgan fingerprint density at radius 3 is 2.50 bits per heavy atom. The Kier molecular flexibility index (Phi) is 6.18. The summed E-state index contributed by atoms with van der Waals surface area (Å²) in [6.07, 6.45) is 2.20. The summed E-state index contributed by atoms with van der Waals surface area (Å²) in [5.41, 5.74) is 2.38. The fourth-order valence-electron chi connectivity index (χ4n) is 2.87. The van der Waals surface area contributed by atoms with E-state index in [1.165, 1.54) is 6.08 Å². The molecule has 28 heavy (non-hydrogen) atoms. The number of imide groups is 1. The van der Waals surface area contributed by atoms with Gasteiger partial charge in [-0.1, -0.05) is 36.4 Å². The first kappa shape index (κ1) is 19.3. The summed E-state index contributed by atoms with van der Waals surface area (Å²) in [5.74, 6) is -1.07. The molecule has 0 spiro atoms. The maximum atomic E-state index is 12.2. The van der Waals surface area contributed by atoms with Gasteiger partial charge in [0.25, 0.3) is 11.8 Å². The van der Waals surface area contributed by atoms with E-state index >= 15 is 0 Å². The van der Waals surface area contributed by atoms with Crippen LogP contribution in [0.3, 0.4) is 0 Å². The van der Waals surface area contributed by atoms with E-state index in [0.29, 0.717) is 24.2 Å². The number of aliphatic hydroxyl groups excluding tert-OH is 1. The third-order valence-electron chi connectivity index (χ3n) is 4.24. The van der Waals surface area contributed by atoms with Crippen LogP contribution in [0.2, 0.25) is 0 Å². The van der Waals surface area contributed by atoms with Crippen LogP contribution in [0, 0.1) is 0 Å². The molecule has 0 radical (unpaired) electrons. The van der Waals surface area contributed by atoms with Crippen molar-refractivity contribution in [2.45, 2.75) is 12.8 Å². The molecule has 3 rings (SSSR count). The van der Waals surface area contributed by atoms with Gasteiger partial charge in [0.2, 0.25) is 5.91 Å². The molecule has 7 heteroatoms. The highest BCUT2D eigenvalue weighted by Crippen LogP contribution is 2.20. The minimum Gasteiger partial charge on any atom is -0.395 e. The van der Waals surface area contributed by atoms with Gasteiger partial charge >= 0.3 is 0 Å². The molecule has 1 heterocycles. The van der Waals surface area contributed by atoms with Gasteiger partial charge in [0, 0.05) is 23.9 Å². The summed E-state index contributed by atoms with van der Waals surface area (Å²) >= 11 is 0. The topological polar surface area (TPSA) is 98.7 Å². The predicted octanol–water partition coefficient (Wildman–Crippen LogP) is 1.91. The Balaban J connectivity index is 1.58. The summed E-state index contributed by atoms with van der Waals surface area (Å²) in [6, 6.07) is 16.7. The molecule has 2 aromatic rings. The molecule has 144 valence electrons. The molecule has 0 saturated carbocycles. The summed E-state index contributed by atoms with van der Waals surface area (Å²) in [7, 11) is 0. The van der Waals surface area contributed by atoms with Crippen molar-refractivity contribution in [2.24, 2.45) is 0 Å². The van der Waals surface area contributed by atoms with Crippen LogP contribution in [0.5, 0.6) is 0 Å². The number of nitrogens with zero attached hydrogens (tertiary/aromatic N) is 1. The average Bonchev–Trinajstić information content (AvgIpc) is 2.95. The second kappa shape index (κ2) is 8.96. The smallest absolute Gasteiger partial charge is 0.277 e. The highest BCUT2D eigenvalue weighted by molar-refractivity contribution is 6.17. The van der Waals surface area contributed by atoms with Crippen molar-refractivity contribution in [3.8, 4) is 0 Å². The maximum absolute atomic E-state index is 12.2. The second-order valence-electron chi connectivity index (χ2n) is 6.32. The van der Waals surface area contributed by atoms with Gasteiger partial charge in [-0.15, -0.1) is 0 Å². The van der Waals surface area contributed by atoms with Gasteiger partial charge in [-0.3, -0.25) is 19.3 Å². The highest BCUT2D eigenvalue weighted by Gasteiger charge is 2.30. The molecule has 0 saturated heterocycles. The SMILES string of the molecule is O=C(CCc1ccccc1)Nc1cccc(NC2=CC(=O)N(CCO)C2=O)c1. The molecular weight excluding hydrogens is 358 g/mol. The fraction of sp³-hybridized carbons (Fsp3) is 0.190. The highest BCUT2D eigenvalue weighted by atomic mass is 16.3. The number of hydrogen-bond acceptors (Lipinski definition) is 5. The zero-order valence-corrected chi connectivity index (χ0v) is 15.2. The molecule has 2 aromatic carbocycles. The summed E-state index contributed by atoms with van der Waals surface area (Å²) in [5, 5.41) is 14.7. The molecule has 0 atom stereocenters. The minimum absolute atomic E-state index is 0.0448. The number of anilines is 2. The van der Waals surface area contributed by atoms with Crippen molar-refractivity contribution in [2.75, 3.05) is 23.8 Å². The molecule has 7 nitrogen and oxygen atoms in total. The van der Waals surface area contributed by atoms with Crippen LogP contribution < -0.4 is 10.6 Å². The fourth-order valence-corrected chi connectivity index (χ4v) is 2.87. The number of rotatable bonds is 8. The number of aliphatic hydroxyl groups is 1. The molecule has 3 N–H and O–H groups in total. The Bertz CT molecular complexity index is 909. The average molecular weight is 379 g/mol. The summed E-state index contributed by atoms with van der Waals surface area (Å²) < 4.78 is 0. The zero-order chi connectivity index (χ0) is 19.9. The number of amides is 3. The predicted molar refractivity (Wildman–Crippen MR) is 105 cm³/mol. The lowest BCUT2D eigenvalue weighted by molar-refractivity contribution is -0.137. The summed E-state index contributed by atoms with van der Waals surface area (Å²) in [6.45, 7) is -0.333. The molecule has 0 aliphatic carbocycles. The van der Waals surface area contributed by atoms with Crippen LogP contribution in [0.1, 0.15) is 12.0 Å². The molecule has 1 aliphatic heterocycles. The quantitative estimate of drug-likeness (QED) is 0.609. The molecule has 3 amide bonds. The number of nitrogens with one attached hydrogen (secondary N) is 2. The van der Waals surface area contributed by atoms with Crippen LogP contribution >= 0.6 is 0 Å². The summed E-state index contributed by atoms with van der Waals surface area (Å²) in [4.78, 5) is 37.1. The van der Waals surface area contributed by atoms with Crippen LogP contribution in [0.15, 0.2) is 66.4 Å². The lowest BCUT2D eigenvalue weighted by Gasteiger charge is -2.14. The van der Waals surface area contributed by atoms with Gasteiger partial charge in [-0.05, 0) is 30.2 Å². The molecule has 1 aliphatic rings. The molecular formula is C21H21N3O4. The monoisotopic (exact) mass is 379 g/mol. The zero-order valence-electron chi connectivity index (χ0n) is 15.2. The van der Waals surface area contributed by atoms with E-state index < -0.39 is 11.8 Å². The Hall–Kier alpha value is -3.45. The van der Waals surface area contributed by atoms with Gasteiger partial charge in [0.15, 0.2) is 0 Å². The van der Waals surface area contributed by atoms with Gasteiger partial charge in [0.1, 0.15) is 5.70 Å². The van der Waals surface area contributed by atoms with Crippen molar-refractivity contribution in [1.82, 2.24) is 4.90 Å². The number of β-amino-alcohol motifs (C(OH)–C–C–N with tert-alkyl or cyclic N) is 1. The lowest BCUT2D eigenvalue weighted by Crippen LogP contribution is -2.34. The van der Waals surface area contributed by atoms with Crippen LogP contribution in [0.25, 0.3) is 0 Å². The number of aryl methyl sites for hydroxylation is 1. The molecule has 0 fully saturated rings. The van der Waals surface area contributed by atoms with Crippen molar-refractivity contribution < 1.29 is 19.5 Å². The van der Waals surface area contributed by atoms with E-state index in [1.54, 1.807) is 24.3 Å². The third kappa shape index (κ3) is 4.83. The standard InChI is InChI=1S/C21H21N3O4/c25-12-11-24-20(27)14-18(21(24)28)22-16-7-4-8-17(13-16)23-19(26)10-9-15-5-2-1-3-6-15/h1-8,13-14,22,25H,9-12H2,(H,23,26). The Morgan fingerprint density at radius 1 is 1.00 bits per heavy atom. The van der Waals surface area contributed by atoms with E-state index in [4.69, 9.17) is 5.11 Å². The maximum Gasteiger partial charge on any atom is 0.277 e. The van der Waals surface area contributed by atoms with Crippen molar-refractivity contribution in [1.29, 1.82) is 0 Å². The van der Waals surface area contributed by atoms with Crippen molar-refractivity contribution in [3.63, 3.8) is 0 Å². The van der Waals surface area contributed by atoms with Crippen LogP contribution in [-0.4, -0.2) is 40.9 Å². The second-order valence-corrected chi connectivity index (χ2v) is 6.32. The normalized spacial score (nSPS) is 13.5. The van der Waals surface area contributed by atoms with Crippen molar-refractivity contribution in [3.05, 3.63) is 71.9 Å². The van der Waals surface area contributed by atoms with Crippen LogP contribution in [-0.2, 0) is 20.8 Å². The number of carbonyl (C=O) groups is 3. The largest absolute Gasteiger partial charge is 0.395 e. The number of benzene rings is 2. The Morgan fingerprint density at radius 2 is 1.75 bits per heavy atom. The van der Waals surface area contributed by atoms with E-state index in [0.717, 1.165) is 10.5 Å². The first-order chi connectivity index (χ1) is 13.6. The number of hydrogen-bond donors (Lipinski definition) is 3. The Labute approximate surface area is 162 Å². The van der Waals surface area contributed by atoms with Gasteiger partial charge in [-0.2, -0.15) is 0 Å². The first-order valence-corrected chi connectivity index (χ1v) is 8.96. The molecule has 0 unspecified atom stereocenters. The molecule has 0 bridgehead atoms. The van der Waals surface area contributed by atoms with Crippen LogP contribution in [0.4, 0.5) is 11.4 Å². The van der Waals surface area contributed by atoms with Crippen molar-refractivity contribution >= 4 is 29.1 Å². The first-order valence-electron chi connectivity index (χ1n) is 8.96. The van der Waals surface area contributed by atoms with E-state index in [9.17, 15) is 14.4 Å². The third-order valence-corrected chi connectivity index (χ3v) is 4.24. The van der Waals surface area contributed by atoms with Gasteiger partial charge in [-0.25, -0.2) is 0 Å². The number of carbonyl (C=O) groups excluding carboxylic acids is 3.